The van der Waals surface area contributed by atoms with Crippen molar-refractivity contribution in [2.24, 2.45) is 0 Å². The van der Waals surface area contributed by atoms with Gasteiger partial charge >= 0.3 is 0 Å². The molecule has 4 heteroatoms. The van der Waals surface area contributed by atoms with Gasteiger partial charge in [0.1, 0.15) is 0 Å². The Hall–Kier alpha value is -0.770. The molecule has 0 radical (unpaired) electrons. The van der Waals surface area contributed by atoms with Gasteiger partial charge in [-0.05, 0) is 31.6 Å². The summed E-state index contributed by atoms with van der Waals surface area (Å²) in [6.07, 6.45) is 1.18. The van der Waals surface area contributed by atoms with Crippen LogP contribution in [0.4, 0.5) is 5.69 Å². The number of benzene rings is 1. The van der Waals surface area contributed by atoms with Gasteiger partial charge in [-0.2, -0.15) is 0 Å². The fourth-order valence-electron chi connectivity index (χ4n) is 3.00. The monoisotopic (exact) mass is 282 g/mol. The number of aliphatic hydroxyl groups is 1. The van der Waals surface area contributed by atoms with Crippen LogP contribution in [-0.4, -0.2) is 42.2 Å². The molecule has 1 aromatic rings. The van der Waals surface area contributed by atoms with Gasteiger partial charge in [-0.25, -0.2) is 0 Å². The maximum Gasteiger partial charge on any atom is 0.0716 e. The summed E-state index contributed by atoms with van der Waals surface area (Å²) in [5, 5.41) is 10.2. The molecule has 3 nitrogen and oxygen atoms in total. The Morgan fingerprint density at radius 2 is 2.11 bits per heavy atom. The Kier molecular flexibility index (Phi) is 5.08. The highest BCUT2D eigenvalue weighted by molar-refractivity contribution is 6.31. The van der Waals surface area contributed by atoms with Crippen molar-refractivity contribution in [3.8, 4) is 0 Å². The quantitative estimate of drug-likeness (QED) is 0.900. The molecule has 1 atom stereocenters. The van der Waals surface area contributed by atoms with Crippen molar-refractivity contribution >= 4 is 17.3 Å². The summed E-state index contributed by atoms with van der Waals surface area (Å²) in [5.74, 6) is 0. The number of nitrogens with zero attached hydrogens (tertiary/aromatic N) is 2. The van der Waals surface area contributed by atoms with E-state index in [0.29, 0.717) is 11.1 Å². The topological polar surface area (TPSA) is 26.7 Å². The van der Waals surface area contributed by atoms with E-state index in [4.69, 9.17) is 11.6 Å². The predicted molar refractivity (Wildman–Crippen MR) is 80.9 cm³/mol. The van der Waals surface area contributed by atoms with Crippen molar-refractivity contribution in [3.05, 3.63) is 28.8 Å². The Balaban J connectivity index is 2.15. The van der Waals surface area contributed by atoms with E-state index in [9.17, 15) is 5.11 Å². The summed E-state index contributed by atoms with van der Waals surface area (Å²) in [6, 6.07) is 6.47. The Morgan fingerprint density at radius 3 is 2.74 bits per heavy atom. The number of hydrogen-bond donors (Lipinski definition) is 1. The van der Waals surface area contributed by atoms with E-state index in [1.54, 1.807) is 0 Å². The van der Waals surface area contributed by atoms with Crippen molar-refractivity contribution in [2.75, 3.05) is 31.1 Å². The average molecular weight is 283 g/mol. The zero-order chi connectivity index (χ0) is 13.8. The van der Waals surface area contributed by atoms with E-state index in [0.717, 1.165) is 37.4 Å². The molecular formula is C15H23ClN2O. The zero-order valence-electron chi connectivity index (χ0n) is 11.8. The van der Waals surface area contributed by atoms with Crippen LogP contribution in [0.25, 0.3) is 0 Å². The molecular weight excluding hydrogens is 260 g/mol. The van der Waals surface area contributed by atoms with Gasteiger partial charge in [0.15, 0.2) is 0 Å². The molecule has 106 valence electrons. The number of halogens is 1. The lowest BCUT2D eigenvalue weighted by Crippen LogP contribution is -2.37. The van der Waals surface area contributed by atoms with Gasteiger partial charge in [-0.15, -0.1) is 0 Å². The summed E-state index contributed by atoms with van der Waals surface area (Å²) in [6.45, 7) is 8.68. The van der Waals surface area contributed by atoms with E-state index in [1.165, 1.54) is 6.42 Å². The van der Waals surface area contributed by atoms with Crippen LogP contribution < -0.4 is 4.90 Å². The summed E-state index contributed by atoms with van der Waals surface area (Å²) >= 11 is 6.16. The molecule has 1 heterocycles. The lowest BCUT2D eigenvalue weighted by atomic mass is 10.1. The Bertz CT molecular complexity index is 421. The number of hydrogen-bond acceptors (Lipinski definition) is 3. The van der Waals surface area contributed by atoms with Crippen LogP contribution in [-0.2, 0) is 6.61 Å². The molecule has 2 rings (SSSR count). The van der Waals surface area contributed by atoms with Gasteiger partial charge in [0.25, 0.3) is 0 Å². The van der Waals surface area contributed by atoms with Gasteiger partial charge in [0.2, 0.25) is 0 Å². The maximum absolute atomic E-state index is 9.51. The second-order valence-corrected chi connectivity index (χ2v) is 5.41. The standard InChI is InChI=1S/C15H23ClN2O/c1-3-17(4-2)12-8-9-18(10-12)15-7-5-6-14(16)13(15)11-19/h5-7,12,19H,3-4,8-11H2,1-2H3. The van der Waals surface area contributed by atoms with Crippen LogP contribution in [0.3, 0.4) is 0 Å². The molecule has 1 aromatic carbocycles. The van der Waals surface area contributed by atoms with Crippen molar-refractivity contribution in [2.45, 2.75) is 32.9 Å². The van der Waals surface area contributed by atoms with Crippen LogP contribution in [0.2, 0.25) is 5.02 Å². The number of anilines is 1. The minimum Gasteiger partial charge on any atom is -0.392 e. The lowest BCUT2D eigenvalue weighted by Gasteiger charge is -2.27. The molecule has 1 aliphatic rings. The van der Waals surface area contributed by atoms with E-state index >= 15 is 0 Å². The molecule has 1 fully saturated rings. The molecule has 0 saturated carbocycles. The molecule has 0 amide bonds. The first-order valence-corrected chi connectivity index (χ1v) is 7.46. The third-order valence-corrected chi connectivity index (χ3v) is 4.44. The molecule has 19 heavy (non-hydrogen) atoms. The fourth-order valence-corrected chi connectivity index (χ4v) is 3.23. The highest BCUT2D eigenvalue weighted by Crippen LogP contribution is 2.30. The van der Waals surface area contributed by atoms with E-state index in [2.05, 4.69) is 29.7 Å². The number of likely N-dealkylation sites (N-methyl/N-ethyl adjacent to an activating group) is 1. The van der Waals surface area contributed by atoms with E-state index < -0.39 is 0 Å². The lowest BCUT2D eigenvalue weighted by molar-refractivity contribution is 0.232. The summed E-state index contributed by atoms with van der Waals surface area (Å²) < 4.78 is 0. The van der Waals surface area contributed by atoms with Crippen LogP contribution in [0.1, 0.15) is 25.8 Å². The first kappa shape index (κ1) is 14.6. The van der Waals surface area contributed by atoms with Crippen molar-refractivity contribution in [3.63, 3.8) is 0 Å². The van der Waals surface area contributed by atoms with Gasteiger partial charge in [0, 0.05) is 35.4 Å². The molecule has 1 saturated heterocycles. The molecule has 1 N–H and O–H groups in total. The largest absolute Gasteiger partial charge is 0.392 e. The third kappa shape index (κ3) is 3.04. The second-order valence-electron chi connectivity index (χ2n) is 5.01. The average Bonchev–Trinajstić information content (AvgIpc) is 2.89. The number of rotatable bonds is 5. The third-order valence-electron chi connectivity index (χ3n) is 4.09. The first-order chi connectivity index (χ1) is 9.21. The normalized spacial score (nSPS) is 19.4. The van der Waals surface area contributed by atoms with Gasteiger partial charge in [-0.3, -0.25) is 4.90 Å². The minimum absolute atomic E-state index is 0.00143. The van der Waals surface area contributed by atoms with Crippen molar-refractivity contribution in [1.29, 1.82) is 0 Å². The van der Waals surface area contributed by atoms with Gasteiger partial charge in [0.05, 0.1) is 6.61 Å². The van der Waals surface area contributed by atoms with Crippen LogP contribution in [0.5, 0.6) is 0 Å². The van der Waals surface area contributed by atoms with Crippen LogP contribution in [0.15, 0.2) is 18.2 Å². The molecule has 0 aromatic heterocycles. The summed E-state index contributed by atoms with van der Waals surface area (Å²) in [7, 11) is 0. The Labute approximate surface area is 120 Å². The minimum atomic E-state index is 0.00143. The SMILES string of the molecule is CCN(CC)C1CCN(c2cccc(Cl)c2CO)C1. The molecule has 0 bridgehead atoms. The van der Waals surface area contributed by atoms with Crippen LogP contribution >= 0.6 is 11.6 Å². The smallest absolute Gasteiger partial charge is 0.0716 e. The fraction of sp³-hybridized carbons (Fsp3) is 0.600. The van der Waals surface area contributed by atoms with Crippen LogP contribution in [0, 0.1) is 0 Å². The second kappa shape index (κ2) is 6.60. The summed E-state index contributed by atoms with van der Waals surface area (Å²) in [5.41, 5.74) is 1.94. The van der Waals surface area contributed by atoms with Crippen molar-refractivity contribution in [1.82, 2.24) is 4.90 Å². The van der Waals surface area contributed by atoms with E-state index in [-0.39, 0.29) is 6.61 Å². The molecule has 0 spiro atoms. The van der Waals surface area contributed by atoms with E-state index in [1.807, 2.05) is 12.1 Å². The Morgan fingerprint density at radius 1 is 1.37 bits per heavy atom. The first-order valence-electron chi connectivity index (χ1n) is 7.08. The molecule has 1 aliphatic heterocycles. The van der Waals surface area contributed by atoms with Crippen molar-refractivity contribution < 1.29 is 5.11 Å². The highest BCUT2D eigenvalue weighted by atomic mass is 35.5. The highest BCUT2D eigenvalue weighted by Gasteiger charge is 2.27. The molecule has 1 unspecified atom stereocenters. The predicted octanol–water partition coefficient (Wildman–Crippen LogP) is 2.75. The maximum atomic E-state index is 9.51. The summed E-state index contributed by atoms with van der Waals surface area (Å²) in [4.78, 5) is 4.85. The van der Waals surface area contributed by atoms with Gasteiger partial charge < -0.3 is 10.0 Å². The zero-order valence-corrected chi connectivity index (χ0v) is 12.5. The number of aliphatic hydroxyl groups excluding tert-OH is 1. The van der Waals surface area contributed by atoms with Gasteiger partial charge in [-0.1, -0.05) is 31.5 Å². The molecule has 0 aliphatic carbocycles.